The Morgan fingerprint density at radius 2 is 2.06 bits per heavy atom. The van der Waals surface area contributed by atoms with E-state index in [9.17, 15) is 4.79 Å². The highest BCUT2D eigenvalue weighted by atomic mass is 35.5. The van der Waals surface area contributed by atoms with Gasteiger partial charge in [0.1, 0.15) is 5.60 Å². The first kappa shape index (κ1) is 16.5. The molecule has 0 unspecified atom stereocenters. The lowest BCUT2D eigenvalue weighted by Gasteiger charge is -2.39. The molecule has 4 nitrogen and oxygen atoms in total. The minimum absolute atomic E-state index is 0. The molecule has 1 N–H and O–H groups in total. The van der Waals surface area contributed by atoms with Gasteiger partial charge in [-0.2, -0.15) is 0 Å². The summed E-state index contributed by atoms with van der Waals surface area (Å²) >= 11 is 0. The van der Waals surface area contributed by atoms with Gasteiger partial charge in [-0.1, -0.05) is 6.92 Å². The van der Waals surface area contributed by atoms with Crippen molar-refractivity contribution in [3.63, 3.8) is 0 Å². The number of nitrogens with one attached hydrogen (secondary N) is 1. The number of nitrogens with zero attached hydrogens (tertiary/aromatic N) is 1. The zero-order chi connectivity index (χ0) is 12.3. The van der Waals surface area contributed by atoms with Crippen molar-refractivity contribution < 1.29 is 9.53 Å². The van der Waals surface area contributed by atoms with Gasteiger partial charge in [0.05, 0.1) is 0 Å². The first-order valence-electron chi connectivity index (χ1n) is 6.06. The van der Waals surface area contributed by atoms with E-state index in [0.29, 0.717) is 6.04 Å². The lowest BCUT2D eigenvalue weighted by molar-refractivity contribution is 0.00780. The van der Waals surface area contributed by atoms with Crippen molar-refractivity contribution in [1.82, 2.24) is 10.2 Å². The zero-order valence-electron chi connectivity index (χ0n) is 11.4. The van der Waals surface area contributed by atoms with Gasteiger partial charge in [-0.3, -0.25) is 0 Å². The van der Waals surface area contributed by atoms with Gasteiger partial charge in [0.15, 0.2) is 0 Å². The van der Waals surface area contributed by atoms with E-state index in [-0.39, 0.29) is 24.5 Å². The second-order valence-corrected chi connectivity index (χ2v) is 5.50. The number of halogens is 1. The number of carbonyl (C=O) groups is 1. The molecule has 0 spiro atoms. The maximum atomic E-state index is 12.0. The van der Waals surface area contributed by atoms with Gasteiger partial charge in [-0.15, -0.1) is 12.4 Å². The summed E-state index contributed by atoms with van der Waals surface area (Å²) in [7, 11) is 0. The van der Waals surface area contributed by atoms with Gasteiger partial charge >= 0.3 is 6.09 Å². The van der Waals surface area contributed by atoms with E-state index in [4.69, 9.17) is 4.74 Å². The first-order valence-corrected chi connectivity index (χ1v) is 6.06. The molecule has 1 heterocycles. The normalized spacial score (nSPS) is 25.1. The molecule has 2 atom stereocenters. The Morgan fingerprint density at radius 1 is 1.47 bits per heavy atom. The Labute approximate surface area is 110 Å². The summed E-state index contributed by atoms with van der Waals surface area (Å²) in [4.78, 5) is 13.9. The van der Waals surface area contributed by atoms with Crippen molar-refractivity contribution in [2.45, 2.75) is 58.7 Å². The van der Waals surface area contributed by atoms with Crippen LogP contribution in [-0.4, -0.2) is 41.8 Å². The average Bonchev–Trinajstić information content (AvgIpc) is 2.15. The third-order valence-corrected chi connectivity index (χ3v) is 2.71. The molecule has 0 saturated carbocycles. The molecule has 1 aliphatic heterocycles. The van der Waals surface area contributed by atoms with Crippen molar-refractivity contribution in [1.29, 1.82) is 0 Å². The van der Waals surface area contributed by atoms with Gasteiger partial charge in [-0.25, -0.2) is 4.79 Å². The molecule has 0 aliphatic carbocycles. The van der Waals surface area contributed by atoms with E-state index in [1.807, 2.05) is 25.7 Å². The average molecular weight is 265 g/mol. The Kier molecular flexibility index (Phi) is 6.27. The largest absolute Gasteiger partial charge is 0.444 e. The molecule has 1 fully saturated rings. The molecule has 0 bridgehead atoms. The van der Waals surface area contributed by atoms with Crippen molar-refractivity contribution in [2.24, 2.45) is 0 Å². The summed E-state index contributed by atoms with van der Waals surface area (Å²) in [6, 6.07) is 0.598. The van der Waals surface area contributed by atoms with Crippen LogP contribution in [0.4, 0.5) is 4.79 Å². The highest BCUT2D eigenvalue weighted by molar-refractivity contribution is 5.85. The van der Waals surface area contributed by atoms with Gasteiger partial charge in [0.25, 0.3) is 0 Å². The fraction of sp³-hybridized carbons (Fsp3) is 0.917. The first-order chi connectivity index (χ1) is 7.33. The zero-order valence-corrected chi connectivity index (χ0v) is 12.3. The van der Waals surface area contributed by atoms with Crippen molar-refractivity contribution in [2.75, 3.05) is 13.1 Å². The van der Waals surface area contributed by atoms with Crippen LogP contribution in [0, 0.1) is 0 Å². The maximum absolute atomic E-state index is 12.0. The molecule has 0 aromatic carbocycles. The lowest BCUT2D eigenvalue weighted by Crippen LogP contribution is -2.57. The number of piperazine rings is 1. The minimum atomic E-state index is -0.413. The second-order valence-electron chi connectivity index (χ2n) is 5.50. The molecule has 1 rings (SSSR count). The van der Waals surface area contributed by atoms with Gasteiger partial charge < -0.3 is 15.0 Å². The molecule has 1 saturated heterocycles. The van der Waals surface area contributed by atoms with Crippen LogP contribution in [0.1, 0.15) is 41.0 Å². The molecule has 102 valence electrons. The number of hydrogen-bond donors (Lipinski definition) is 1. The summed E-state index contributed by atoms with van der Waals surface area (Å²) in [5, 5.41) is 3.38. The van der Waals surface area contributed by atoms with E-state index in [0.717, 1.165) is 19.5 Å². The molecule has 1 amide bonds. The highest BCUT2D eigenvalue weighted by Gasteiger charge is 2.31. The van der Waals surface area contributed by atoms with Crippen LogP contribution >= 0.6 is 12.4 Å². The quantitative estimate of drug-likeness (QED) is 0.791. The molecule has 5 heteroatoms. The molecular weight excluding hydrogens is 240 g/mol. The Hall–Kier alpha value is -0.480. The summed E-state index contributed by atoms with van der Waals surface area (Å²) < 4.78 is 5.42. The molecule has 0 radical (unpaired) electrons. The maximum Gasteiger partial charge on any atom is 0.410 e. The van der Waals surface area contributed by atoms with E-state index in [1.54, 1.807) is 0 Å². The number of hydrogen-bond acceptors (Lipinski definition) is 3. The number of carbonyl (C=O) groups excluding carboxylic acids is 1. The topological polar surface area (TPSA) is 41.6 Å². The molecule has 1 aliphatic rings. The Morgan fingerprint density at radius 3 is 2.53 bits per heavy atom. The van der Waals surface area contributed by atoms with Crippen LogP contribution in [0.25, 0.3) is 0 Å². The number of rotatable bonds is 1. The summed E-state index contributed by atoms with van der Waals surface area (Å²) in [6.07, 6.45) is 0.770. The van der Waals surface area contributed by atoms with Crippen molar-refractivity contribution in [3.05, 3.63) is 0 Å². The standard InChI is InChI=1S/C12H24N2O2.ClH/c1-6-10-7-13-9(2)8-14(10)11(15)16-12(3,4)5;/h9-10,13H,6-8H2,1-5H3;1H/t9-,10+;/m0./s1. The number of ether oxygens (including phenoxy) is 1. The molecular formula is C12H25ClN2O2. The third-order valence-electron chi connectivity index (χ3n) is 2.71. The third kappa shape index (κ3) is 5.13. The van der Waals surface area contributed by atoms with Gasteiger partial charge in [0.2, 0.25) is 0 Å². The van der Waals surface area contributed by atoms with Crippen LogP contribution in [0.2, 0.25) is 0 Å². The van der Waals surface area contributed by atoms with Crippen LogP contribution in [0.5, 0.6) is 0 Å². The molecule has 0 aromatic heterocycles. The lowest BCUT2D eigenvalue weighted by atomic mass is 10.1. The summed E-state index contributed by atoms with van der Waals surface area (Å²) in [5.74, 6) is 0. The van der Waals surface area contributed by atoms with E-state index >= 15 is 0 Å². The summed E-state index contributed by atoms with van der Waals surface area (Å²) in [5.41, 5.74) is -0.413. The molecule has 0 aromatic rings. The number of amides is 1. The minimum Gasteiger partial charge on any atom is -0.444 e. The van der Waals surface area contributed by atoms with Crippen LogP contribution in [-0.2, 0) is 4.74 Å². The monoisotopic (exact) mass is 264 g/mol. The van der Waals surface area contributed by atoms with E-state index in [1.165, 1.54) is 0 Å². The van der Waals surface area contributed by atoms with Crippen molar-refractivity contribution >= 4 is 18.5 Å². The van der Waals surface area contributed by atoms with Gasteiger partial charge in [0, 0.05) is 25.2 Å². The fourth-order valence-electron chi connectivity index (χ4n) is 1.86. The van der Waals surface area contributed by atoms with Crippen LogP contribution in [0.3, 0.4) is 0 Å². The molecule has 17 heavy (non-hydrogen) atoms. The highest BCUT2D eigenvalue weighted by Crippen LogP contribution is 2.16. The Balaban J connectivity index is 0.00000256. The second kappa shape index (κ2) is 6.45. The smallest absolute Gasteiger partial charge is 0.410 e. The summed E-state index contributed by atoms with van der Waals surface area (Å²) in [6.45, 7) is 11.5. The van der Waals surface area contributed by atoms with Crippen LogP contribution < -0.4 is 5.32 Å². The SMILES string of the molecule is CC[C@@H]1CN[C@@H](C)CN1C(=O)OC(C)(C)C.Cl. The Bertz CT molecular complexity index is 253. The van der Waals surface area contributed by atoms with E-state index < -0.39 is 5.60 Å². The van der Waals surface area contributed by atoms with Crippen LogP contribution in [0.15, 0.2) is 0 Å². The predicted octanol–water partition coefficient (Wildman–Crippen LogP) is 2.42. The predicted molar refractivity (Wildman–Crippen MR) is 71.7 cm³/mol. The van der Waals surface area contributed by atoms with E-state index in [2.05, 4.69) is 19.2 Å². The van der Waals surface area contributed by atoms with Gasteiger partial charge in [-0.05, 0) is 34.1 Å². The van der Waals surface area contributed by atoms with Crippen molar-refractivity contribution in [3.8, 4) is 0 Å². The fourth-order valence-corrected chi connectivity index (χ4v) is 1.86.